The standard InChI is InChI=1S/C14H18N2O3/c1-9(2)13(14(18)19)16-12(17)7-6-10-4-3-5-11(15)8-10/h3-9,13H,15H2,1-2H3,(H,16,17)(H,18,19)/b7-6+. The number of rotatable bonds is 5. The number of carboxylic acids is 1. The number of carboxylic acid groups (broad SMARTS) is 1. The van der Waals surface area contributed by atoms with Gasteiger partial charge in [0.05, 0.1) is 0 Å². The number of carbonyl (C=O) groups excluding carboxylic acids is 1. The minimum Gasteiger partial charge on any atom is -0.480 e. The third-order valence-electron chi connectivity index (χ3n) is 2.57. The van der Waals surface area contributed by atoms with Gasteiger partial charge >= 0.3 is 5.97 Å². The number of hydrogen-bond donors (Lipinski definition) is 3. The van der Waals surface area contributed by atoms with E-state index in [1.165, 1.54) is 6.08 Å². The van der Waals surface area contributed by atoms with Crippen molar-refractivity contribution in [3.63, 3.8) is 0 Å². The van der Waals surface area contributed by atoms with E-state index in [0.29, 0.717) is 5.69 Å². The van der Waals surface area contributed by atoms with E-state index in [-0.39, 0.29) is 5.92 Å². The maximum Gasteiger partial charge on any atom is 0.326 e. The summed E-state index contributed by atoms with van der Waals surface area (Å²) in [6.07, 6.45) is 2.89. The summed E-state index contributed by atoms with van der Waals surface area (Å²) in [4.78, 5) is 22.6. The smallest absolute Gasteiger partial charge is 0.326 e. The monoisotopic (exact) mass is 262 g/mol. The topological polar surface area (TPSA) is 92.4 Å². The van der Waals surface area contributed by atoms with Gasteiger partial charge in [0.2, 0.25) is 5.91 Å². The molecule has 0 aliphatic rings. The van der Waals surface area contributed by atoms with E-state index < -0.39 is 17.9 Å². The van der Waals surface area contributed by atoms with Gasteiger partial charge in [0.25, 0.3) is 0 Å². The van der Waals surface area contributed by atoms with Gasteiger partial charge in [0.15, 0.2) is 0 Å². The Morgan fingerprint density at radius 3 is 2.58 bits per heavy atom. The lowest BCUT2D eigenvalue weighted by Gasteiger charge is -2.16. The molecular weight excluding hydrogens is 244 g/mol. The van der Waals surface area contributed by atoms with E-state index in [2.05, 4.69) is 5.32 Å². The van der Waals surface area contributed by atoms with Crippen LogP contribution in [0.3, 0.4) is 0 Å². The summed E-state index contributed by atoms with van der Waals surface area (Å²) in [5.41, 5.74) is 7.00. The van der Waals surface area contributed by atoms with E-state index in [9.17, 15) is 9.59 Å². The quantitative estimate of drug-likeness (QED) is 0.554. The highest BCUT2D eigenvalue weighted by Crippen LogP contribution is 2.08. The number of carbonyl (C=O) groups is 2. The lowest BCUT2D eigenvalue weighted by Crippen LogP contribution is -2.43. The second-order valence-corrected chi connectivity index (χ2v) is 4.57. The van der Waals surface area contributed by atoms with Crippen molar-refractivity contribution in [3.8, 4) is 0 Å². The van der Waals surface area contributed by atoms with Gasteiger partial charge in [0.1, 0.15) is 6.04 Å². The lowest BCUT2D eigenvalue weighted by atomic mass is 10.0. The van der Waals surface area contributed by atoms with E-state index >= 15 is 0 Å². The van der Waals surface area contributed by atoms with Crippen LogP contribution >= 0.6 is 0 Å². The van der Waals surface area contributed by atoms with Gasteiger partial charge in [-0.2, -0.15) is 0 Å². The second-order valence-electron chi connectivity index (χ2n) is 4.57. The first kappa shape index (κ1) is 14.8. The van der Waals surface area contributed by atoms with Crippen LogP contribution in [0.15, 0.2) is 30.3 Å². The first-order chi connectivity index (χ1) is 8.90. The van der Waals surface area contributed by atoms with Crippen molar-refractivity contribution in [1.82, 2.24) is 5.32 Å². The molecule has 4 N–H and O–H groups in total. The largest absolute Gasteiger partial charge is 0.480 e. The molecule has 0 bridgehead atoms. The molecule has 1 unspecified atom stereocenters. The summed E-state index contributed by atoms with van der Waals surface area (Å²) in [5.74, 6) is -1.66. The fourth-order valence-corrected chi connectivity index (χ4v) is 1.55. The van der Waals surface area contributed by atoms with Crippen LogP contribution in [0.1, 0.15) is 19.4 Å². The van der Waals surface area contributed by atoms with Crippen LogP contribution in [0.25, 0.3) is 6.08 Å². The van der Waals surface area contributed by atoms with Crippen LogP contribution in [0.5, 0.6) is 0 Å². The molecule has 0 saturated carbocycles. The van der Waals surface area contributed by atoms with Gasteiger partial charge in [-0.15, -0.1) is 0 Å². The highest BCUT2D eigenvalue weighted by atomic mass is 16.4. The Labute approximate surface area is 112 Å². The molecule has 1 aromatic carbocycles. The van der Waals surface area contributed by atoms with Gasteiger partial charge in [-0.1, -0.05) is 26.0 Å². The Morgan fingerprint density at radius 2 is 2.05 bits per heavy atom. The van der Waals surface area contributed by atoms with Crippen LogP contribution < -0.4 is 11.1 Å². The molecule has 0 saturated heterocycles. The molecule has 0 heterocycles. The van der Waals surface area contributed by atoms with Crippen molar-refractivity contribution in [2.75, 3.05) is 5.73 Å². The molecule has 102 valence electrons. The van der Waals surface area contributed by atoms with E-state index in [1.54, 1.807) is 44.2 Å². The summed E-state index contributed by atoms with van der Waals surface area (Å²) in [7, 11) is 0. The van der Waals surface area contributed by atoms with Crippen molar-refractivity contribution >= 4 is 23.6 Å². The van der Waals surface area contributed by atoms with Crippen molar-refractivity contribution in [2.45, 2.75) is 19.9 Å². The van der Waals surface area contributed by atoms with Gasteiger partial charge in [-0.3, -0.25) is 4.79 Å². The molecule has 5 nitrogen and oxygen atoms in total. The molecule has 0 aliphatic carbocycles. The molecule has 0 fully saturated rings. The Bertz CT molecular complexity index is 495. The Hall–Kier alpha value is -2.30. The molecule has 1 aromatic rings. The van der Waals surface area contributed by atoms with Crippen LogP contribution in [-0.4, -0.2) is 23.0 Å². The average Bonchev–Trinajstić information content (AvgIpc) is 2.32. The van der Waals surface area contributed by atoms with Crippen LogP contribution in [0.4, 0.5) is 5.69 Å². The highest BCUT2D eigenvalue weighted by molar-refractivity contribution is 5.94. The van der Waals surface area contributed by atoms with Crippen molar-refractivity contribution < 1.29 is 14.7 Å². The minimum atomic E-state index is -1.04. The molecule has 1 amide bonds. The molecule has 0 radical (unpaired) electrons. The van der Waals surface area contributed by atoms with Crippen LogP contribution in [0, 0.1) is 5.92 Å². The minimum absolute atomic E-state index is 0.179. The van der Waals surface area contributed by atoms with E-state index in [1.807, 2.05) is 0 Å². The Morgan fingerprint density at radius 1 is 1.37 bits per heavy atom. The Kier molecular flexibility index (Phi) is 5.11. The zero-order chi connectivity index (χ0) is 14.4. The molecule has 0 aromatic heterocycles. The molecule has 19 heavy (non-hydrogen) atoms. The van der Waals surface area contributed by atoms with Gasteiger partial charge in [-0.25, -0.2) is 4.79 Å². The van der Waals surface area contributed by atoms with Crippen molar-refractivity contribution in [3.05, 3.63) is 35.9 Å². The zero-order valence-electron chi connectivity index (χ0n) is 11.0. The molecule has 0 spiro atoms. The second kappa shape index (κ2) is 6.58. The molecule has 5 heteroatoms. The molecule has 1 atom stereocenters. The molecule has 1 rings (SSSR count). The van der Waals surface area contributed by atoms with Gasteiger partial charge in [0, 0.05) is 11.8 Å². The summed E-state index contributed by atoms with van der Waals surface area (Å²) in [6.45, 7) is 3.47. The molecule has 0 aliphatic heterocycles. The molecular formula is C14H18N2O3. The number of anilines is 1. The summed E-state index contributed by atoms with van der Waals surface area (Å²) in [6, 6.07) is 6.16. The predicted octanol–water partition coefficient (Wildman–Crippen LogP) is 1.51. The number of benzene rings is 1. The maximum atomic E-state index is 11.6. The third-order valence-corrected chi connectivity index (χ3v) is 2.57. The number of nitrogen functional groups attached to an aromatic ring is 1. The number of aliphatic carboxylic acids is 1. The van der Waals surface area contributed by atoms with E-state index in [0.717, 1.165) is 5.56 Å². The summed E-state index contributed by atoms with van der Waals surface area (Å²) < 4.78 is 0. The predicted molar refractivity (Wildman–Crippen MR) is 74.3 cm³/mol. The third kappa shape index (κ3) is 4.83. The number of nitrogens with two attached hydrogens (primary N) is 1. The number of amides is 1. The summed E-state index contributed by atoms with van der Waals surface area (Å²) >= 11 is 0. The highest BCUT2D eigenvalue weighted by Gasteiger charge is 2.22. The van der Waals surface area contributed by atoms with Crippen LogP contribution in [-0.2, 0) is 9.59 Å². The maximum absolute atomic E-state index is 11.6. The SMILES string of the molecule is CC(C)C(NC(=O)/C=C/c1cccc(N)c1)C(=O)O. The summed E-state index contributed by atoms with van der Waals surface area (Å²) in [5, 5.41) is 11.4. The number of hydrogen-bond acceptors (Lipinski definition) is 3. The van der Waals surface area contributed by atoms with Crippen molar-refractivity contribution in [1.29, 1.82) is 0 Å². The first-order valence-corrected chi connectivity index (χ1v) is 5.97. The van der Waals surface area contributed by atoms with Gasteiger partial charge in [-0.05, 0) is 29.7 Å². The van der Waals surface area contributed by atoms with Gasteiger partial charge < -0.3 is 16.2 Å². The fraction of sp³-hybridized carbons (Fsp3) is 0.286. The van der Waals surface area contributed by atoms with Crippen LogP contribution in [0.2, 0.25) is 0 Å². The number of nitrogens with one attached hydrogen (secondary N) is 1. The average molecular weight is 262 g/mol. The normalized spacial score (nSPS) is 12.6. The zero-order valence-corrected chi connectivity index (χ0v) is 11.0. The van der Waals surface area contributed by atoms with Crippen molar-refractivity contribution in [2.24, 2.45) is 5.92 Å². The Balaban J connectivity index is 2.67. The van der Waals surface area contributed by atoms with E-state index in [4.69, 9.17) is 10.8 Å². The first-order valence-electron chi connectivity index (χ1n) is 5.97. The lowest BCUT2D eigenvalue weighted by molar-refractivity contribution is -0.142. The fourth-order valence-electron chi connectivity index (χ4n) is 1.55.